The van der Waals surface area contributed by atoms with E-state index >= 15 is 0 Å². The Labute approximate surface area is 68.4 Å². The fourth-order valence-electron chi connectivity index (χ4n) is 1.46. The molecule has 1 saturated heterocycles. The van der Waals surface area contributed by atoms with E-state index in [-0.39, 0.29) is 6.04 Å². The van der Waals surface area contributed by atoms with Crippen molar-refractivity contribution in [2.45, 2.75) is 26.8 Å². The summed E-state index contributed by atoms with van der Waals surface area (Å²) in [5.74, 6) is 0.618. The van der Waals surface area contributed by atoms with Crippen LogP contribution >= 0.6 is 0 Å². The van der Waals surface area contributed by atoms with Crippen LogP contribution in [0, 0.1) is 5.92 Å². The summed E-state index contributed by atoms with van der Waals surface area (Å²) in [5.41, 5.74) is 0. The molecule has 0 aliphatic carbocycles. The van der Waals surface area contributed by atoms with Crippen LogP contribution in [0.5, 0.6) is 0 Å². The van der Waals surface area contributed by atoms with E-state index in [0.717, 1.165) is 0 Å². The third kappa shape index (κ3) is 1.73. The molecule has 0 radical (unpaired) electrons. The second-order valence-electron chi connectivity index (χ2n) is 3.55. The second-order valence-corrected chi connectivity index (χ2v) is 5.51. The maximum absolute atomic E-state index is 11.3. The number of rotatable bonds is 1. The molecule has 0 amide bonds. The van der Waals surface area contributed by atoms with Gasteiger partial charge in [-0.25, -0.2) is 8.42 Å². The van der Waals surface area contributed by atoms with Gasteiger partial charge in [-0.1, -0.05) is 6.92 Å². The van der Waals surface area contributed by atoms with Gasteiger partial charge in [-0.15, -0.1) is 0 Å². The number of nitrogens with zero attached hydrogens (tertiary/aromatic N) is 1. The zero-order valence-corrected chi connectivity index (χ0v) is 8.06. The third-order valence-corrected chi connectivity index (χ3v) is 4.20. The molecule has 4 heteroatoms. The quantitative estimate of drug-likeness (QED) is 0.590. The summed E-state index contributed by atoms with van der Waals surface area (Å²) in [6, 6.07) is 0.116. The molecule has 0 aromatic rings. The molecule has 1 atom stereocenters. The van der Waals surface area contributed by atoms with E-state index < -0.39 is 10.0 Å². The molecule has 0 aromatic carbocycles. The Bertz CT molecular complexity index is 233. The first kappa shape index (κ1) is 9.00. The Hall–Kier alpha value is -0.0900. The van der Waals surface area contributed by atoms with Crippen LogP contribution < -0.4 is 0 Å². The summed E-state index contributed by atoms with van der Waals surface area (Å²) in [5, 5.41) is 0. The van der Waals surface area contributed by atoms with Crippen molar-refractivity contribution in [3.63, 3.8) is 0 Å². The molecule has 1 aliphatic heterocycles. The number of hydrogen-bond donors (Lipinski definition) is 0. The molecule has 0 bridgehead atoms. The fourth-order valence-corrected chi connectivity index (χ4v) is 3.60. The van der Waals surface area contributed by atoms with Crippen molar-refractivity contribution >= 4 is 10.0 Å². The minimum atomic E-state index is -2.90. The first-order valence-electron chi connectivity index (χ1n) is 3.93. The number of sulfonamides is 1. The molecule has 1 aliphatic rings. The molecule has 0 saturated carbocycles. The average molecular weight is 177 g/mol. The highest BCUT2D eigenvalue weighted by atomic mass is 32.2. The standard InChI is InChI=1S/C7H15NO2S/c1-6(2)8-4-7(3)5-11(8,9)10/h6-7H,4-5H2,1-3H3. The normalized spacial score (nSPS) is 31.5. The van der Waals surface area contributed by atoms with Gasteiger partial charge in [0, 0.05) is 12.6 Å². The first-order valence-corrected chi connectivity index (χ1v) is 5.54. The van der Waals surface area contributed by atoms with Gasteiger partial charge in [0.15, 0.2) is 0 Å². The van der Waals surface area contributed by atoms with E-state index in [4.69, 9.17) is 0 Å². The molecule has 0 spiro atoms. The van der Waals surface area contributed by atoms with E-state index in [1.54, 1.807) is 4.31 Å². The zero-order valence-electron chi connectivity index (χ0n) is 7.24. The maximum Gasteiger partial charge on any atom is 0.214 e. The van der Waals surface area contributed by atoms with E-state index in [2.05, 4.69) is 0 Å². The predicted octanol–water partition coefficient (Wildman–Crippen LogP) is 0.676. The van der Waals surface area contributed by atoms with Crippen LogP contribution in [-0.4, -0.2) is 31.1 Å². The minimum Gasteiger partial charge on any atom is -0.212 e. The van der Waals surface area contributed by atoms with Crippen molar-refractivity contribution < 1.29 is 8.42 Å². The van der Waals surface area contributed by atoms with E-state index in [0.29, 0.717) is 18.2 Å². The zero-order chi connectivity index (χ0) is 8.65. The molecule has 0 aromatic heterocycles. The Morgan fingerprint density at radius 1 is 1.45 bits per heavy atom. The lowest BCUT2D eigenvalue weighted by Gasteiger charge is -2.18. The Balaban J connectivity index is 2.83. The smallest absolute Gasteiger partial charge is 0.212 e. The van der Waals surface area contributed by atoms with Crippen LogP contribution in [0.3, 0.4) is 0 Å². The van der Waals surface area contributed by atoms with Crippen molar-refractivity contribution in [1.29, 1.82) is 0 Å². The van der Waals surface area contributed by atoms with Crippen molar-refractivity contribution in [1.82, 2.24) is 4.31 Å². The van der Waals surface area contributed by atoms with Gasteiger partial charge >= 0.3 is 0 Å². The van der Waals surface area contributed by atoms with Gasteiger partial charge in [0.05, 0.1) is 5.75 Å². The Kier molecular flexibility index (Phi) is 2.25. The van der Waals surface area contributed by atoms with Gasteiger partial charge in [-0.3, -0.25) is 0 Å². The molecule has 11 heavy (non-hydrogen) atoms. The van der Waals surface area contributed by atoms with Crippen LogP contribution in [0.1, 0.15) is 20.8 Å². The van der Waals surface area contributed by atoms with Crippen molar-refractivity contribution in [3.8, 4) is 0 Å². The van der Waals surface area contributed by atoms with Crippen molar-refractivity contribution in [3.05, 3.63) is 0 Å². The maximum atomic E-state index is 11.3. The topological polar surface area (TPSA) is 37.4 Å². The van der Waals surface area contributed by atoms with Crippen LogP contribution in [0.25, 0.3) is 0 Å². The molecule has 3 nitrogen and oxygen atoms in total. The summed E-state index contributed by atoms with van der Waals surface area (Å²) in [6.07, 6.45) is 0. The van der Waals surface area contributed by atoms with E-state index in [1.165, 1.54) is 0 Å². The molecule has 1 fully saturated rings. The summed E-state index contributed by atoms with van der Waals surface area (Å²) in [6.45, 7) is 6.49. The lowest BCUT2D eigenvalue weighted by Crippen LogP contribution is -2.32. The average Bonchev–Trinajstić information content (AvgIpc) is 2.04. The van der Waals surface area contributed by atoms with Gasteiger partial charge < -0.3 is 0 Å². The van der Waals surface area contributed by atoms with E-state index in [1.807, 2.05) is 20.8 Å². The summed E-state index contributed by atoms with van der Waals surface area (Å²) in [7, 11) is -2.90. The van der Waals surface area contributed by atoms with Gasteiger partial charge in [-0.2, -0.15) is 4.31 Å². The molecular weight excluding hydrogens is 162 g/mol. The lowest BCUT2D eigenvalue weighted by atomic mass is 10.2. The van der Waals surface area contributed by atoms with Gasteiger partial charge in [-0.05, 0) is 19.8 Å². The monoisotopic (exact) mass is 177 g/mol. The SMILES string of the molecule is CC1CN(C(C)C)S(=O)(=O)C1. The van der Waals surface area contributed by atoms with Gasteiger partial charge in [0.1, 0.15) is 0 Å². The summed E-state index contributed by atoms with van der Waals surface area (Å²) >= 11 is 0. The summed E-state index contributed by atoms with van der Waals surface area (Å²) in [4.78, 5) is 0. The van der Waals surface area contributed by atoms with Gasteiger partial charge in [0.25, 0.3) is 0 Å². The van der Waals surface area contributed by atoms with Crippen LogP contribution in [0.2, 0.25) is 0 Å². The van der Waals surface area contributed by atoms with Crippen LogP contribution in [0.4, 0.5) is 0 Å². The highest BCUT2D eigenvalue weighted by molar-refractivity contribution is 7.89. The highest BCUT2D eigenvalue weighted by Crippen LogP contribution is 2.20. The molecule has 1 unspecified atom stereocenters. The summed E-state index contributed by atoms with van der Waals surface area (Å²) < 4.78 is 24.3. The highest BCUT2D eigenvalue weighted by Gasteiger charge is 2.34. The van der Waals surface area contributed by atoms with Crippen LogP contribution in [0.15, 0.2) is 0 Å². The Morgan fingerprint density at radius 3 is 2.18 bits per heavy atom. The predicted molar refractivity (Wildman–Crippen MR) is 44.8 cm³/mol. The van der Waals surface area contributed by atoms with Crippen molar-refractivity contribution in [2.24, 2.45) is 5.92 Å². The lowest BCUT2D eigenvalue weighted by molar-refractivity contribution is 0.357. The molecule has 1 heterocycles. The largest absolute Gasteiger partial charge is 0.214 e. The fraction of sp³-hybridized carbons (Fsp3) is 1.00. The second kappa shape index (κ2) is 2.75. The molecular formula is C7H15NO2S. The Morgan fingerprint density at radius 2 is 2.00 bits per heavy atom. The molecule has 66 valence electrons. The third-order valence-electron chi connectivity index (χ3n) is 1.92. The number of hydrogen-bond acceptors (Lipinski definition) is 2. The first-order chi connectivity index (χ1) is 4.93. The van der Waals surface area contributed by atoms with Gasteiger partial charge in [0.2, 0.25) is 10.0 Å². The molecule has 1 rings (SSSR count). The van der Waals surface area contributed by atoms with Crippen LogP contribution in [-0.2, 0) is 10.0 Å². The molecule has 0 N–H and O–H groups in total. The van der Waals surface area contributed by atoms with Crippen molar-refractivity contribution in [2.75, 3.05) is 12.3 Å². The minimum absolute atomic E-state index is 0.116. The van der Waals surface area contributed by atoms with E-state index in [9.17, 15) is 8.42 Å².